The predicted octanol–water partition coefficient (Wildman–Crippen LogP) is 6.25. The normalized spacial score (nSPS) is 17.7. The van der Waals surface area contributed by atoms with E-state index in [0.29, 0.717) is 0 Å². The van der Waals surface area contributed by atoms with Gasteiger partial charge in [-0.2, -0.15) is 0 Å². The van der Waals surface area contributed by atoms with Gasteiger partial charge in [-0.1, -0.05) is 74.9 Å². The number of benzene rings is 2. The van der Waals surface area contributed by atoms with E-state index in [2.05, 4.69) is 89.7 Å². The molecular formula is C25H33BO2. The van der Waals surface area contributed by atoms with Crippen molar-refractivity contribution in [3.63, 3.8) is 0 Å². The molecule has 0 unspecified atom stereocenters. The van der Waals surface area contributed by atoms with Crippen LogP contribution in [0.1, 0.15) is 65.9 Å². The molecular weight excluding hydrogens is 343 g/mol. The zero-order chi connectivity index (χ0) is 20.4. The first-order valence-corrected chi connectivity index (χ1v) is 10.5. The van der Waals surface area contributed by atoms with Gasteiger partial charge in [-0.3, -0.25) is 0 Å². The molecule has 0 bridgehead atoms. The van der Waals surface area contributed by atoms with E-state index in [1.807, 2.05) is 0 Å². The van der Waals surface area contributed by atoms with Gasteiger partial charge >= 0.3 is 7.12 Å². The van der Waals surface area contributed by atoms with Gasteiger partial charge in [0.05, 0.1) is 11.2 Å². The zero-order valence-electron chi connectivity index (χ0n) is 18.0. The molecule has 0 amide bonds. The summed E-state index contributed by atoms with van der Waals surface area (Å²) in [6.45, 7) is 14.8. The smallest absolute Gasteiger partial charge is 0.399 e. The summed E-state index contributed by atoms with van der Waals surface area (Å²) in [5.74, 6) is 0. The van der Waals surface area contributed by atoms with E-state index < -0.39 is 0 Å². The summed E-state index contributed by atoms with van der Waals surface area (Å²) >= 11 is 0. The molecule has 0 spiro atoms. The Morgan fingerprint density at radius 2 is 1.32 bits per heavy atom. The van der Waals surface area contributed by atoms with E-state index in [9.17, 15) is 0 Å². The van der Waals surface area contributed by atoms with Gasteiger partial charge < -0.3 is 9.31 Å². The van der Waals surface area contributed by atoms with Crippen LogP contribution in [0.5, 0.6) is 0 Å². The Kier molecular flexibility index (Phi) is 6.17. The first-order chi connectivity index (χ1) is 13.2. The summed E-state index contributed by atoms with van der Waals surface area (Å²) in [6.07, 6.45) is 4.81. The van der Waals surface area contributed by atoms with Crippen molar-refractivity contribution in [3.05, 3.63) is 60.7 Å². The van der Waals surface area contributed by atoms with Crippen molar-refractivity contribution in [1.29, 1.82) is 0 Å². The lowest BCUT2D eigenvalue weighted by atomic mass is 9.78. The highest BCUT2D eigenvalue weighted by Gasteiger charge is 2.51. The molecule has 1 aliphatic rings. The largest absolute Gasteiger partial charge is 0.494 e. The molecule has 0 aromatic heterocycles. The topological polar surface area (TPSA) is 18.5 Å². The second kappa shape index (κ2) is 8.27. The SMILES string of the molecule is C=C(CCCCC)c1ccc(-c2ccc(B3OC(C)(C)C(C)(C)O3)cc2)cc1. The third kappa shape index (κ3) is 4.42. The van der Waals surface area contributed by atoms with Crippen LogP contribution in [0, 0.1) is 0 Å². The summed E-state index contributed by atoms with van der Waals surface area (Å²) in [5, 5.41) is 0. The Morgan fingerprint density at radius 1 is 0.821 bits per heavy atom. The van der Waals surface area contributed by atoms with Crippen molar-refractivity contribution in [3.8, 4) is 11.1 Å². The van der Waals surface area contributed by atoms with Crippen LogP contribution in [0.15, 0.2) is 55.1 Å². The van der Waals surface area contributed by atoms with Gasteiger partial charge in [-0.15, -0.1) is 0 Å². The van der Waals surface area contributed by atoms with Gasteiger partial charge in [0.15, 0.2) is 0 Å². The van der Waals surface area contributed by atoms with Crippen LogP contribution in [0.3, 0.4) is 0 Å². The van der Waals surface area contributed by atoms with Crippen LogP contribution in [-0.4, -0.2) is 18.3 Å². The fraction of sp³-hybridized carbons (Fsp3) is 0.440. The van der Waals surface area contributed by atoms with Gasteiger partial charge in [0, 0.05) is 0 Å². The van der Waals surface area contributed by atoms with Crippen molar-refractivity contribution in [1.82, 2.24) is 0 Å². The molecule has 0 saturated carbocycles. The number of allylic oxidation sites excluding steroid dienone is 1. The molecule has 28 heavy (non-hydrogen) atoms. The monoisotopic (exact) mass is 376 g/mol. The minimum atomic E-state index is -0.314. The molecule has 3 rings (SSSR count). The van der Waals surface area contributed by atoms with Crippen LogP contribution >= 0.6 is 0 Å². The maximum absolute atomic E-state index is 6.15. The maximum atomic E-state index is 6.15. The molecule has 0 atom stereocenters. The first-order valence-electron chi connectivity index (χ1n) is 10.5. The van der Waals surface area contributed by atoms with Crippen LogP contribution in [0.4, 0.5) is 0 Å². The van der Waals surface area contributed by atoms with Gasteiger partial charge in [0.1, 0.15) is 0 Å². The van der Waals surface area contributed by atoms with Gasteiger partial charge in [0.2, 0.25) is 0 Å². The lowest BCUT2D eigenvalue weighted by molar-refractivity contribution is 0.00578. The lowest BCUT2D eigenvalue weighted by Gasteiger charge is -2.32. The Labute approximate surface area is 171 Å². The fourth-order valence-electron chi connectivity index (χ4n) is 3.44. The summed E-state index contributed by atoms with van der Waals surface area (Å²) in [5.41, 5.74) is 5.32. The molecule has 1 saturated heterocycles. The predicted molar refractivity (Wildman–Crippen MR) is 121 cm³/mol. The maximum Gasteiger partial charge on any atom is 0.494 e. The minimum absolute atomic E-state index is 0.312. The van der Waals surface area contributed by atoms with Gasteiger partial charge in [0.25, 0.3) is 0 Å². The number of unbranched alkanes of at least 4 members (excludes halogenated alkanes) is 2. The number of hydrogen-bond acceptors (Lipinski definition) is 2. The van der Waals surface area contributed by atoms with Crippen molar-refractivity contribution < 1.29 is 9.31 Å². The molecule has 2 nitrogen and oxygen atoms in total. The van der Waals surface area contributed by atoms with Crippen LogP contribution < -0.4 is 5.46 Å². The third-order valence-electron chi connectivity index (χ3n) is 6.14. The molecule has 148 valence electrons. The summed E-state index contributed by atoms with van der Waals surface area (Å²) in [7, 11) is -0.312. The molecule has 1 aliphatic heterocycles. The molecule has 0 aliphatic carbocycles. The third-order valence-corrected chi connectivity index (χ3v) is 6.14. The molecule has 2 aromatic rings. The Hall–Kier alpha value is -1.84. The van der Waals surface area contributed by atoms with Crippen molar-refractivity contribution >= 4 is 18.2 Å². The van der Waals surface area contributed by atoms with Crippen LogP contribution in [-0.2, 0) is 9.31 Å². The van der Waals surface area contributed by atoms with E-state index in [1.54, 1.807) is 0 Å². The van der Waals surface area contributed by atoms with Crippen molar-refractivity contribution in [2.75, 3.05) is 0 Å². The van der Waals surface area contributed by atoms with E-state index in [-0.39, 0.29) is 18.3 Å². The van der Waals surface area contributed by atoms with Crippen molar-refractivity contribution in [2.24, 2.45) is 0 Å². The number of hydrogen-bond donors (Lipinski definition) is 0. The molecule has 2 aromatic carbocycles. The highest BCUT2D eigenvalue weighted by molar-refractivity contribution is 6.62. The second-order valence-corrected chi connectivity index (χ2v) is 8.85. The minimum Gasteiger partial charge on any atom is -0.399 e. The summed E-state index contributed by atoms with van der Waals surface area (Å²) < 4.78 is 12.3. The Balaban J connectivity index is 1.68. The van der Waals surface area contributed by atoms with Crippen LogP contribution in [0.2, 0.25) is 0 Å². The lowest BCUT2D eigenvalue weighted by Crippen LogP contribution is -2.41. The average Bonchev–Trinajstić information content (AvgIpc) is 2.89. The first kappa shape index (κ1) is 20.9. The highest BCUT2D eigenvalue weighted by atomic mass is 16.7. The quantitative estimate of drug-likeness (QED) is 0.420. The van der Waals surface area contributed by atoms with Crippen LogP contribution in [0.25, 0.3) is 16.7 Å². The van der Waals surface area contributed by atoms with E-state index in [4.69, 9.17) is 9.31 Å². The number of rotatable bonds is 7. The Bertz CT molecular complexity index is 787. The van der Waals surface area contributed by atoms with E-state index in [0.717, 1.165) is 11.9 Å². The average molecular weight is 376 g/mol. The molecule has 1 heterocycles. The molecule has 1 fully saturated rings. The summed E-state index contributed by atoms with van der Waals surface area (Å²) in [6, 6.07) is 17.2. The summed E-state index contributed by atoms with van der Waals surface area (Å²) in [4.78, 5) is 0. The Morgan fingerprint density at radius 3 is 1.82 bits per heavy atom. The van der Waals surface area contributed by atoms with Gasteiger partial charge in [-0.25, -0.2) is 0 Å². The fourth-order valence-corrected chi connectivity index (χ4v) is 3.44. The second-order valence-electron chi connectivity index (χ2n) is 8.85. The zero-order valence-corrected chi connectivity index (χ0v) is 18.0. The molecule has 3 heteroatoms. The van der Waals surface area contributed by atoms with E-state index >= 15 is 0 Å². The molecule has 0 radical (unpaired) electrons. The molecule has 0 N–H and O–H groups in total. The van der Waals surface area contributed by atoms with Gasteiger partial charge in [-0.05, 0) is 68.3 Å². The highest BCUT2D eigenvalue weighted by Crippen LogP contribution is 2.36. The van der Waals surface area contributed by atoms with Crippen molar-refractivity contribution in [2.45, 2.75) is 71.5 Å². The standard InChI is InChI=1S/C25H33BO2/c1-7-8-9-10-19(2)20-11-13-21(14-12-20)22-15-17-23(18-16-22)26-27-24(3,4)25(5,6)28-26/h11-18H,2,7-10H2,1,3-6H3. The van der Waals surface area contributed by atoms with E-state index in [1.165, 1.54) is 41.5 Å².